The van der Waals surface area contributed by atoms with Gasteiger partial charge in [-0.2, -0.15) is 0 Å². The van der Waals surface area contributed by atoms with Gasteiger partial charge in [-0.15, -0.1) is 0 Å². The summed E-state index contributed by atoms with van der Waals surface area (Å²) in [5.41, 5.74) is 3.32. The summed E-state index contributed by atoms with van der Waals surface area (Å²) in [4.78, 5) is 21.9. The van der Waals surface area contributed by atoms with Gasteiger partial charge in [0.25, 0.3) is 5.91 Å². The van der Waals surface area contributed by atoms with Crippen molar-refractivity contribution in [2.45, 2.75) is 6.92 Å². The molecule has 0 unspecified atom stereocenters. The zero-order valence-electron chi connectivity index (χ0n) is 7.83. The van der Waals surface area contributed by atoms with Crippen LogP contribution in [-0.4, -0.2) is 11.8 Å². The molecule has 74 valence electrons. The predicted octanol–water partition coefficient (Wildman–Crippen LogP) is -0.468. The van der Waals surface area contributed by atoms with Crippen LogP contribution in [0.4, 0.5) is 5.69 Å². The van der Waals surface area contributed by atoms with E-state index in [0.29, 0.717) is 11.3 Å². The Bertz CT molecular complexity index is 363. The van der Waals surface area contributed by atoms with Crippen LogP contribution in [0.3, 0.4) is 0 Å². The third-order valence-corrected chi connectivity index (χ3v) is 1.61. The first-order valence-electron chi connectivity index (χ1n) is 4.08. The third-order valence-electron chi connectivity index (χ3n) is 1.61. The van der Waals surface area contributed by atoms with E-state index >= 15 is 0 Å². The number of nitrogens with one attached hydrogen (secondary N) is 2. The molecule has 0 aliphatic heterocycles. The second kappa shape index (κ2) is 4.38. The van der Waals surface area contributed by atoms with Gasteiger partial charge in [-0.25, -0.2) is 5.43 Å². The summed E-state index contributed by atoms with van der Waals surface area (Å²) in [6, 6.07) is 6.63. The van der Waals surface area contributed by atoms with Crippen molar-refractivity contribution in [2.24, 2.45) is 0 Å². The largest absolute Gasteiger partial charge is 0.326 e. The van der Waals surface area contributed by atoms with Crippen LogP contribution in [0.15, 0.2) is 24.3 Å². The summed E-state index contributed by atoms with van der Waals surface area (Å²) in [5.74, 6) is 2.82. The third kappa shape index (κ3) is 2.56. The van der Waals surface area contributed by atoms with Crippen LogP contribution in [-0.2, 0) is 4.79 Å². The fraction of sp³-hybridized carbons (Fsp3) is 0.111. The molecule has 0 saturated carbocycles. The van der Waals surface area contributed by atoms with E-state index < -0.39 is 0 Å². The molecule has 1 rings (SSSR count). The zero-order valence-corrected chi connectivity index (χ0v) is 7.83. The maximum atomic E-state index is 11.2. The first kappa shape index (κ1) is 10.2. The Morgan fingerprint density at radius 2 is 2.07 bits per heavy atom. The summed E-state index contributed by atoms with van der Waals surface area (Å²) >= 11 is 0. The smallest absolute Gasteiger partial charge is 0.295 e. The molecule has 0 fully saturated rings. The van der Waals surface area contributed by atoms with Gasteiger partial charge in [0.1, 0.15) is 0 Å². The van der Waals surface area contributed by atoms with E-state index in [1.807, 2.05) is 0 Å². The molecule has 0 saturated heterocycles. The number of carbonyl (C=O) groups excluding carboxylic acids is 2. The molecule has 0 aliphatic carbocycles. The van der Waals surface area contributed by atoms with Crippen LogP contribution in [0.1, 0.15) is 17.3 Å². The molecule has 1 aromatic carbocycles. The van der Waals surface area contributed by atoms with Gasteiger partial charge in [0.15, 0.2) is 0 Å². The monoisotopic (exact) mass is 194 g/mol. The maximum Gasteiger partial charge on any atom is 0.295 e. The van der Waals surface area contributed by atoms with Gasteiger partial charge in [-0.05, 0) is 18.2 Å². The summed E-state index contributed by atoms with van der Waals surface area (Å²) in [6.45, 7) is 1.41. The van der Waals surface area contributed by atoms with Crippen molar-refractivity contribution in [3.05, 3.63) is 29.8 Å². The molecule has 0 atom stereocenters. The second-order valence-corrected chi connectivity index (χ2v) is 2.77. The van der Waals surface area contributed by atoms with Crippen molar-refractivity contribution in [1.29, 1.82) is 0 Å². The Morgan fingerprint density at radius 3 is 2.64 bits per heavy atom. The Hall–Kier alpha value is -1.88. The molecule has 0 radical (unpaired) electrons. The van der Waals surface area contributed by atoms with Gasteiger partial charge in [0.2, 0.25) is 5.91 Å². The van der Waals surface area contributed by atoms with E-state index in [1.54, 1.807) is 24.3 Å². The molecule has 0 aromatic heterocycles. The number of carbonyl (C=O) groups is 2. The van der Waals surface area contributed by atoms with E-state index in [9.17, 15) is 9.59 Å². The minimum absolute atomic E-state index is 0.169. The Balaban J connectivity index is 2.89. The number of hydrogen-bond acceptors (Lipinski definition) is 2. The molecular weight excluding hydrogens is 182 g/mol. The number of quaternary nitrogens is 1. The standard InChI is InChI=1S/C9H11N3O2/c1-6(13)11-8-4-2-3-7(5-8)9(14)12-10/h2-5H,10H2,1H3,(H,11,13)(H,12,14)/p+1. The number of benzene rings is 1. The van der Waals surface area contributed by atoms with Crippen molar-refractivity contribution < 1.29 is 15.4 Å². The summed E-state index contributed by atoms with van der Waals surface area (Å²) in [6.07, 6.45) is 0. The lowest BCUT2D eigenvalue weighted by Crippen LogP contribution is -2.67. The summed E-state index contributed by atoms with van der Waals surface area (Å²) in [5, 5.41) is 2.58. The van der Waals surface area contributed by atoms with Crippen LogP contribution in [0.2, 0.25) is 0 Å². The van der Waals surface area contributed by atoms with E-state index in [0.717, 1.165) is 0 Å². The van der Waals surface area contributed by atoms with E-state index in [4.69, 9.17) is 0 Å². The first-order chi connectivity index (χ1) is 6.63. The molecule has 0 heterocycles. The molecule has 0 spiro atoms. The lowest BCUT2D eigenvalue weighted by molar-refractivity contribution is -0.422. The van der Waals surface area contributed by atoms with Gasteiger partial charge in [0.05, 0.1) is 0 Å². The number of hydrogen-bond donors (Lipinski definition) is 3. The van der Waals surface area contributed by atoms with Crippen LogP contribution in [0.25, 0.3) is 0 Å². The fourth-order valence-electron chi connectivity index (χ4n) is 1.04. The van der Waals surface area contributed by atoms with Gasteiger partial charge in [0, 0.05) is 18.2 Å². The SMILES string of the molecule is CC(=O)Nc1cccc(C(=O)N[NH3+])c1. The Labute approximate surface area is 81.3 Å². The van der Waals surface area contributed by atoms with Gasteiger partial charge < -0.3 is 5.32 Å². The van der Waals surface area contributed by atoms with Crippen molar-refractivity contribution in [2.75, 3.05) is 5.32 Å². The van der Waals surface area contributed by atoms with Crippen molar-refractivity contribution >= 4 is 17.5 Å². The number of anilines is 1. The fourth-order valence-corrected chi connectivity index (χ4v) is 1.04. The predicted molar refractivity (Wildman–Crippen MR) is 51.1 cm³/mol. The second-order valence-electron chi connectivity index (χ2n) is 2.77. The summed E-state index contributed by atoms with van der Waals surface area (Å²) in [7, 11) is 0. The topological polar surface area (TPSA) is 85.8 Å². The molecule has 14 heavy (non-hydrogen) atoms. The van der Waals surface area contributed by atoms with Crippen LogP contribution in [0, 0.1) is 0 Å². The maximum absolute atomic E-state index is 11.2. The Morgan fingerprint density at radius 1 is 1.36 bits per heavy atom. The minimum Gasteiger partial charge on any atom is -0.326 e. The van der Waals surface area contributed by atoms with Crippen LogP contribution < -0.4 is 16.6 Å². The highest BCUT2D eigenvalue weighted by atomic mass is 16.2. The highest BCUT2D eigenvalue weighted by Gasteiger charge is 2.05. The Kier molecular flexibility index (Phi) is 3.19. The molecule has 5 N–H and O–H groups in total. The molecule has 5 nitrogen and oxygen atoms in total. The van der Waals surface area contributed by atoms with E-state index in [1.165, 1.54) is 6.92 Å². The lowest BCUT2D eigenvalue weighted by atomic mass is 10.2. The normalized spacial score (nSPS) is 9.29. The first-order valence-corrected chi connectivity index (χ1v) is 4.08. The summed E-state index contributed by atoms with van der Waals surface area (Å²) < 4.78 is 0. The molecule has 5 heteroatoms. The zero-order chi connectivity index (χ0) is 10.6. The molecule has 0 bridgehead atoms. The average Bonchev–Trinajstić information content (AvgIpc) is 2.16. The highest BCUT2D eigenvalue weighted by Crippen LogP contribution is 2.09. The van der Waals surface area contributed by atoms with E-state index in [2.05, 4.69) is 16.6 Å². The van der Waals surface area contributed by atoms with E-state index in [-0.39, 0.29) is 11.8 Å². The molecular formula is C9H12N3O2+. The van der Waals surface area contributed by atoms with Crippen LogP contribution in [0.5, 0.6) is 0 Å². The van der Waals surface area contributed by atoms with Gasteiger partial charge >= 0.3 is 0 Å². The van der Waals surface area contributed by atoms with Crippen molar-refractivity contribution in [1.82, 2.24) is 5.43 Å². The number of rotatable bonds is 2. The average molecular weight is 194 g/mol. The lowest BCUT2D eigenvalue weighted by Gasteiger charge is -2.03. The van der Waals surface area contributed by atoms with Crippen molar-refractivity contribution in [3.63, 3.8) is 0 Å². The molecule has 2 amide bonds. The van der Waals surface area contributed by atoms with Crippen LogP contribution >= 0.6 is 0 Å². The van der Waals surface area contributed by atoms with Gasteiger partial charge in [-0.3, -0.25) is 15.4 Å². The van der Waals surface area contributed by atoms with Gasteiger partial charge in [-0.1, -0.05) is 6.07 Å². The highest BCUT2D eigenvalue weighted by molar-refractivity contribution is 5.96. The number of amides is 2. The minimum atomic E-state index is -0.280. The molecule has 1 aromatic rings. The quantitative estimate of drug-likeness (QED) is 0.556. The molecule has 0 aliphatic rings. The van der Waals surface area contributed by atoms with Crippen molar-refractivity contribution in [3.8, 4) is 0 Å².